The van der Waals surface area contributed by atoms with E-state index in [1.54, 1.807) is 15.9 Å². The van der Waals surface area contributed by atoms with Gasteiger partial charge in [0.25, 0.3) is 10.0 Å². The van der Waals surface area contributed by atoms with E-state index in [2.05, 4.69) is 58.6 Å². The number of hydrogen-bond donors (Lipinski definition) is 1. The van der Waals surface area contributed by atoms with Crippen molar-refractivity contribution in [2.45, 2.75) is 30.7 Å². The summed E-state index contributed by atoms with van der Waals surface area (Å²) in [6.07, 6.45) is 5.16. The van der Waals surface area contributed by atoms with Crippen LogP contribution in [0, 0.1) is 6.92 Å². The van der Waals surface area contributed by atoms with Crippen molar-refractivity contribution in [1.29, 1.82) is 0 Å². The number of nitrogens with zero attached hydrogens (tertiary/aromatic N) is 3. The Balaban J connectivity index is 1.39. The summed E-state index contributed by atoms with van der Waals surface area (Å²) in [6, 6.07) is 16.9. The quantitative estimate of drug-likeness (QED) is 0.516. The molecule has 0 saturated carbocycles. The molecule has 0 aliphatic carbocycles. The van der Waals surface area contributed by atoms with E-state index in [4.69, 9.17) is 0 Å². The lowest BCUT2D eigenvalue weighted by Crippen LogP contribution is -2.38. The summed E-state index contributed by atoms with van der Waals surface area (Å²) in [6.45, 7) is 2.84. The number of H-pyrrole nitrogens is 1. The summed E-state index contributed by atoms with van der Waals surface area (Å²) in [4.78, 5) is 7.55. The zero-order valence-corrected chi connectivity index (χ0v) is 18.6. The zero-order chi connectivity index (χ0) is 21.6. The first-order valence-corrected chi connectivity index (χ1v) is 12.0. The highest BCUT2D eigenvalue weighted by atomic mass is 32.2. The molecule has 2 aromatic heterocycles. The van der Waals surface area contributed by atoms with Crippen molar-refractivity contribution in [1.82, 2.24) is 18.8 Å². The second-order valence-corrected chi connectivity index (χ2v) is 10.1. The van der Waals surface area contributed by atoms with E-state index in [1.165, 1.54) is 28.3 Å². The molecule has 0 radical (unpaired) electrons. The number of aryl methyl sites for hydroxylation is 1. The van der Waals surface area contributed by atoms with Crippen molar-refractivity contribution < 1.29 is 8.42 Å². The Labute approximate surface area is 182 Å². The maximum absolute atomic E-state index is 13.1. The van der Waals surface area contributed by atoms with Crippen LogP contribution in [0.4, 0.5) is 0 Å². The molecule has 0 unspecified atom stereocenters. The van der Waals surface area contributed by atoms with Crippen LogP contribution in [0.3, 0.4) is 0 Å². The summed E-state index contributed by atoms with van der Waals surface area (Å²) >= 11 is 0. The van der Waals surface area contributed by atoms with E-state index in [-0.39, 0.29) is 5.03 Å². The molecule has 31 heavy (non-hydrogen) atoms. The first kappa shape index (κ1) is 20.0. The number of rotatable bonds is 4. The lowest BCUT2D eigenvalue weighted by Gasteiger charge is -2.31. The van der Waals surface area contributed by atoms with Crippen molar-refractivity contribution in [2.75, 3.05) is 13.1 Å². The van der Waals surface area contributed by atoms with Gasteiger partial charge < -0.3 is 9.55 Å². The van der Waals surface area contributed by atoms with Crippen molar-refractivity contribution >= 4 is 20.9 Å². The molecule has 1 aliphatic rings. The van der Waals surface area contributed by atoms with Gasteiger partial charge in [-0.2, -0.15) is 4.31 Å². The Morgan fingerprint density at radius 3 is 2.45 bits per heavy atom. The third-order valence-corrected chi connectivity index (χ3v) is 8.45. The molecule has 3 heterocycles. The maximum atomic E-state index is 13.1. The highest BCUT2D eigenvalue weighted by Crippen LogP contribution is 2.36. The minimum Gasteiger partial charge on any atom is -0.361 e. The molecule has 1 N–H and O–H groups in total. The molecular formula is C24H26N4O2S. The summed E-state index contributed by atoms with van der Waals surface area (Å²) in [5.41, 5.74) is 4.79. The minimum atomic E-state index is -3.52. The number of benzene rings is 2. The van der Waals surface area contributed by atoms with Gasteiger partial charge in [0.1, 0.15) is 5.82 Å². The molecule has 7 heteroatoms. The van der Waals surface area contributed by atoms with Gasteiger partial charge in [-0.25, -0.2) is 13.4 Å². The SMILES string of the molecule is Cc1ncc(S(=O)(=O)N2CCC(c3c[nH]c4ccc(-c5ccccc5)cc34)CC2)n1C. The largest absolute Gasteiger partial charge is 0.361 e. The van der Waals surface area contributed by atoms with Crippen LogP contribution in [0.5, 0.6) is 0 Å². The molecule has 0 spiro atoms. The van der Waals surface area contributed by atoms with Crippen LogP contribution in [0.1, 0.15) is 30.1 Å². The number of aromatic nitrogens is 3. The number of imidazole rings is 1. The second kappa shape index (κ2) is 7.66. The molecule has 6 nitrogen and oxygen atoms in total. The Morgan fingerprint density at radius 2 is 1.77 bits per heavy atom. The van der Waals surface area contributed by atoms with Gasteiger partial charge in [0.2, 0.25) is 0 Å². The summed E-state index contributed by atoms with van der Waals surface area (Å²) < 4.78 is 29.4. The van der Waals surface area contributed by atoms with Gasteiger partial charge in [0.15, 0.2) is 5.03 Å². The lowest BCUT2D eigenvalue weighted by atomic mass is 9.89. The fraction of sp³-hybridized carbons (Fsp3) is 0.292. The van der Waals surface area contributed by atoms with E-state index in [0.717, 1.165) is 18.4 Å². The van der Waals surface area contributed by atoms with Crippen LogP contribution in [-0.4, -0.2) is 40.3 Å². The van der Waals surface area contributed by atoms with E-state index < -0.39 is 10.0 Å². The Morgan fingerprint density at radius 1 is 1.03 bits per heavy atom. The molecular weight excluding hydrogens is 408 g/mol. The minimum absolute atomic E-state index is 0.267. The summed E-state index contributed by atoms with van der Waals surface area (Å²) in [5, 5.41) is 1.49. The average Bonchev–Trinajstić information content (AvgIpc) is 3.37. The third-order valence-electron chi connectivity index (χ3n) is 6.50. The predicted molar refractivity (Wildman–Crippen MR) is 122 cm³/mol. The number of nitrogens with one attached hydrogen (secondary N) is 1. The molecule has 160 valence electrons. The van der Waals surface area contributed by atoms with Crippen LogP contribution >= 0.6 is 0 Å². The number of aromatic amines is 1. The standard InChI is InChI=1S/C24H26N4O2S/c1-17-25-16-24(27(17)2)31(29,30)28-12-10-19(11-13-28)22-15-26-23-9-8-20(14-21(22)23)18-6-4-3-5-7-18/h3-9,14-16,19,26H,10-13H2,1-2H3. The van der Waals surface area contributed by atoms with E-state index in [9.17, 15) is 8.42 Å². The summed E-state index contributed by atoms with van der Waals surface area (Å²) in [5.74, 6) is 1.03. The lowest BCUT2D eigenvalue weighted by molar-refractivity contribution is 0.318. The van der Waals surface area contributed by atoms with Crippen LogP contribution in [-0.2, 0) is 17.1 Å². The molecule has 4 aromatic rings. The molecule has 1 fully saturated rings. The normalized spacial score (nSPS) is 16.2. The molecule has 0 atom stereocenters. The number of piperidine rings is 1. The van der Waals surface area contributed by atoms with Gasteiger partial charge in [0.05, 0.1) is 6.20 Å². The van der Waals surface area contributed by atoms with Gasteiger partial charge in [-0.05, 0) is 54.5 Å². The van der Waals surface area contributed by atoms with Gasteiger partial charge in [-0.1, -0.05) is 36.4 Å². The average molecular weight is 435 g/mol. The predicted octanol–water partition coefficient (Wildman–Crippen LogP) is 4.45. The molecule has 5 rings (SSSR count). The second-order valence-electron chi connectivity index (χ2n) is 8.25. The van der Waals surface area contributed by atoms with Gasteiger partial charge in [-0.3, -0.25) is 0 Å². The monoisotopic (exact) mass is 434 g/mol. The first-order chi connectivity index (χ1) is 14.9. The van der Waals surface area contributed by atoms with Crippen molar-refractivity contribution in [3.8, 4) is 11.1 Å². The van der Waals surface area contributed by atoms with Crippen LogP contribution in [0.15, 0.2) is 66.0 Å². The fourth-order valence-corrected chi connectivity index (χ4v) is 6.17. The van der Waals surface area contributed by atoms with Crippen molar-refractivity contribution in [2.24, 2.45) is 7.05 Å². The molecule has 0 amide bonds. The highest BCUT2D eigenvalue weighted by molar-refractivity contribution is 7.89. The number of hydrogen-bond acceptors (Lipinski definition) is 3. The number of fused-ring (bicyclic) bond motifs is 1. The molecule has 1 aliphatic heterocycles. The van der Waals surface area contributed by atoms with Crippen LogP contribution in [0.2, 0.25) is 0 Å². The highest BCUT2D eigenvalue weighted by Gasteiger charge is 2.32. The molecule has 2 aromatic carbocycles. The topological polar surface area (TPSA) is 71.0 Å². The Kier molecular flexibility index (Phi) is 4.95. The Bertz CT molecular complexity index is 1330. The Hall–Kier alpha value is -2.90. The third kappa shape index (κ3) is 3.47. The molecule has 0 bridgehead atoms. The van der Waals surface area contributed by atoms with Crippen LogP contribution < -0.4 is 0 Å². The fourth-order valence-electron chi connectivity index (χ4n) is 4.55. The van der Waals surface area contributed by atoms with E-state index in [0.29, 0.717) is 24.8 Å². The van der Waals surface area contributed by atoms with Crippen molar-refractivity contribution in [3.63, 3.8) is 0 Å². The van der Waals surface area contributed by atoms with Crippen LogP contribution in [0.25, 0.3) is 22.0 Å². The van der Waals surface area contributed by atoms with E-state index >= 15 is 0 Å². The zero-order valence-electron chi connectivity index (χ0n) is 17.7. The van der Waals surface area contributed by atoms with E-state index in [1.807, 2.05) is 13.0 Å². The molecule has 1 saturated heterocycles. The van der Waals surface area contributed by atoms with Crippen molar-refractivity contribution in [3.05, 3.63) is 72.3 Å². The van der Waals surface area contributed by atoms with Gasteiger partial charge >= 0.3 is 0 Å². The first-order valence-electron chi connectivity index (χ1n) is 10.6. The summed E-state index contributed by atoms with van der Waals surface area (Å²) in [7, 11) is -1.78. The van der Waals surface area contributed by atoms with Gasteiger partial charge in [0, 0.05) is 37.2 Å². The number of sulfonamides is 1. The smallest absolute Gasteiger partial charge is 0.260 e. The maximum Gasteiger partial charge on any atom is 0.260 e. The van der Waals surface area contributed by atoms with Gasteiger partial charge in [-0.15, -0.1) is 0 Å².